The summed E-state index contributed by atoms with van der Waals surface area (Å²) in [6, 6.07) is 19.0. The van der Waals surface area contributed by atoms with Gasteiger partial charge in [0.15, 0.2) is 0 Å². The molecule has 3 fully saturated rings. The number of hydrogen-bond donors (Lipinski definition) is 2. The maximum absolute atomic E-state index is 14.4. The highest BCUT2D eigenvalue weighted by atomic mass is 35.5. The number of aromatic nitrogens is 3. The van der Waals surface area contributed by atoms with Gasteiger partial charge in [0, 0.05) is 29.6 Å². The third-order valence-electron chi connectivity index (χ3n) is 10.5. The highest BCUT2D eigenvalue weighted by Crippen LogP contribution is 2.48. The highest BCUT2D eigenvalue weighted by molar-refractivity contribution is 6.35. The lowest BCUT2D eigenvalue weighted by Gasteiger charge is -2.28. The molecule has 2 saturated carbocycles. The van der Waals surface area contributed by atoms with E-state index in [1.165, 1.54) is 11.1 Å². The fourth-order valence-corrected chi connectivity index (χ4v) is 7.71. The standard InChI is InChI=1S/C38H34Cl2N8O5/c1-36(20-23-5-7-24(21-41)8-6-23)34(52)47(27-18-25(39)17-26(40)19-27)35-42-22-29(48(35)36)31(49)44-38(11-12-38)33(51)45-37(9-10-37)30-4-2-3-28(43-30)32(50)46-13-15-53-16-14-46/h2-8,17-19,22H,9-16,20H2,1H3,(H,44,49)(H,45,51)/t36-/m1/s1. The topological polar surface area (TPSA) is 163 Å². The Labute approximate surface area is 314 Å². The molecule has 1 saturated heterocycles. The molecule has 15 heteroatoms. The van der Waals surface area contributed by atoms with Crippen LogP contribution in [0.15, 0.2) is 66.9 Å². The normalized spacial score (nSPS) is 20.7. The van der Waals surface area contributed by atoms with E-state index in [0.717, 1.165) is 5.56 Å². The number of pyridine rings is 1. The number of anilines is 2. The molecule has 0 unspecified atom stereocenters. The van der Waals surface area contributed by atoms with Crippen LogP contribution < -0.4 is 15.5 Å². The van der Waals surface area contributed by atoms with Gasteiger partial charge in [0.2, 0.25) is 11.9 Å². The molecule has 2 aromatic carbocycles. The number of nitrogens with one attached hydrogen (secondary N) is 2. The van der Waals surface area contributed by atoms with Crippen molar-refractivity contribution in [2.45, 2.75) is 55.6 Å². The molecule has 4 amide bonds. The molecule has 2 aromatic heterocycles. The lowest BCUT2D eigenvalue weighted by atomic mass is 9.91. The van der Waals surface area contributed by atoms with Crippen molar-refractivity contribution in [1.82, 2.24) is 30.1 Å². The average Bonchev–Trinajstić information content (AvgIpc) is 4.06. The van der Waals surface area contributed by atoms with E-state index in [0.29, 0.717) is 84.7 Å². The van der Waals surface area contributed by atoms with Gasteiger partial charge in [-0.3, -0.25) is 23.7 Å². The van der Waals surface area contributed by atoms with Gasteiger partial charge in [-0.05, 0) is 80.6 Å². The third kappa shape index (κ3) is 6.20. The summed E-state index contributed by atoms with van der Waals surface area (Å²) in [4.78, 5) is 68.1. The molecule has 4 aliphatic rings. The molecule has 0 radical (unpaired) electrons. The van der Waals surface area contributed by atoms with E-state index < -0.39 is 22.5 Å². The Morgan fingerprint density at radius 2 is 1.66 bits per heavy atom. The second-order valence-corrected chi connectivity index (χ2v) is 15.1. The number of fused-ring (bicyclic) bond motifs is 1. The van der Waals surface area contributed by atoms with Crippen LogP contribution in [0.5, 0.6) is 0 Å². The molecule has 2 aliphatic heterocycles. The van der Waals surface area contributed by atoms with Crippen molar-refractivity contribution in [2.75, 3.05) is 31.2 Å². The van der Waals surface area contributed by atoms with Crippen LogP contribution in [0, 0.1) is 11.3 Å². The summed E-state index contributed by atoms with van der Waals surface area (Å²) in [5.74, 6) is -1.27. The number of morpholine rings is 1. The van der Waals surface area contributed by atoms with Crippen LogP contribution in [0.2, 0.25) is 10.0 Å². The minimum absolute atomic E-state index is 0.0938. The first-order valence-corrected chi connectivity index (χ1v) is 18.1. The fraction of sp³-hybridized carbons (Fsp3) is 0.342. The van der Waals surface area contributed by atoms with Crippen molar-refractivity contribution in [3.8, 4) is 6.07 Å². The number of halogens is 2. The molecular weight excluding hydrogens is 719 g/mol. The summed E-state index contributed by atoms with van der Waals surface area (Å²) < 4.78 is 6.97. The van der Waals surface area contributed by atoms with Gasteiger partial charge < -0.3 is 20.3 Å². The van der Waals surface area contributed by atoms with Crippen molar-refractivity contribution >= 4 is 58.5 Å². The number of imidazole rings is 1. The lowest BCUT2D eigenvalue weighted by Crippen LogP contribution is -2.52. The molecule has 4 aromatic rings. The SMILES string of the molecule is C[C@@]1(Cc2ccc(C#N)cc2)C(=O)N(c2cc(Cl)cc(Cl)c2)c2ncc(C(=O)NC3(C(=O)NC4(c5cccc(C(=O)N6CCOCC6)n5)CC4)CC3)n21. The third-order valence-corrected chi connectivity index (χ3v) is 10.9. The van der Waals surface area contributed by atoms with Crippen LogP contribution in [0.1, 0.15) is 70.4 Å². The molecule has 0 spiro atoms. The number of carbonyl (C=O) groups is 4. The summed E-state index contributed by atoms with van der Waals surface area (Å²) in [6.07, 6.45) is 3.67. The summed E-state index contributed by atoms with van der Waals surface area (Å²) >= 11 is 12.7. The van der Waals surface area contributed by atoms with Gasteiger partial charge in [-0.15, -0.1) is 0 Å². The Morgan fingerprint density at radius 1 is 0.962 bits per heavy atom. The van der Waals surface area contributed by atoms with Crippen molar-refractivity contribution in [3.63, 3.8) is 0 Å². The summed E-state index contributed by atoms with van der Waals surface area (Å²) in [5.41, 5.74) is -0.654. The second kappa shape index (κ2) is 13.0. The van der Waals surface area contributed by atoms with Crippen LogP contribution >= 0.6 is 23.2 Å². The summed E-state index contributed by atoms with van der Waals surface area (Å²) in [6.45, 7) is 3.66. The zero-order valence-electron chi connectivity index (χ0n) is 28.7. The zero-order chi connectivity index (χ0) is 37.1. The molecule has 2 N–H and O–H groups in total. The van der Waals surface area contributed by atoms with Gasteiger partial charge in [0.25, 0.3) is 17.7 Å². The fourth-order valence-electron chi connectivity index (χ4n) is 7.20. The van der Waals surface area contributed by atoms with Gasteiger partial charge in [-0.1, -0.05) is 41.4 Å². The van der Waals surface area contributed by atoms with Gasteiger partial charge in [0.1, 0.15) is 22.5 Å². The molecule has 2 aliphatic carbocycles. The molecule has 53 heavy (non-hydrogen) atoms. The largest absolute Gasteiger partial charge is 0.378 e. The second-order valence-electron chi connectivity index (χ2n) is 14.2. The Morgan fingerprint density at radius 3 is 2.30 bits per heavy atom. The minimum Gasteiger partial charge on any atom is -0.378 e. The lowest BCUT2D eigenvalue weighted by molar-refractivity contribution is -0.125. The van der Waals surface area contributed by atoms with E-state index >= 15 is 0 Å². The van der Waals surface area contributed by atoms with Gasteiger partial charge in [0.05, 0.1) is 48.0 Å². The first-order chi connectivity index (χ1) is 25.4. The number of carbonyl (C=O) groups excluding carboxylic acids is 4. The smallest absolute Gasteiger partial charge is 0.272 e. The first kappa shape index (κ1) is 34.8. The first-order valence-electron chi connectivity index (χ1n) is 17.3. The van der Waals surface area contributed by atoms with E-state index in [1.54, 1.807) is 71.0 Å². The number of benzene rings is 2. The molecule has 13 nitrogen and oxygen atoms in total. The molecule has 1 atom stereocenters. The number of hydrogen-bond acceptors (Lipinski definition) is 8. The van der Waals surface area contributed by atoms with Crippen molar-refractivity contribution < 1.29 is 23.9 Å². The predicted octanol–water partition coefficient (Wildman–Crippen LogP) is 4.63. The van der Waals surface area contributed by atoms with E-state index in [-0.39, 0.29) is 35.8 Å². The van der Waals surface area contributed by atoms with Crippen LogP contribution in [0.4, 0.5) is 11.6 Å². The zero-order valence-corrected chi connectivity index (χ0v) is 30.2. The molecule has 4 heterocycles. The molecule has 8 rings (SSSR count). The Balaban J connectivity index is 1.06. The Bertz CT molecular complexity index is 2200. The number of ether oxygens (including phenoxy) is 1. The van der Waals surface area contributed by atoms with E-state index in [1.807, 2.05) is 6.07 Å². The van der Waals surface area contributed by atoms with Gasteiger partial charge in [-0.25, -0.2) is 14.9 Å². The number of amides is 4. The van der Waals surface area contributed by atoms with Gasteiger partial charge >= 0.3 is 0 Å². The monoisotopic (exact) mass is 752 g/mol. The van der Waals surface area contributed by atoms with Crippen LogP contribution in [-0.2, 0) is 31.8 Å². The summed E-state index contributed by atoms with van der Waals surface area (Å²) in [7, 11) is 0. The van der Waals surface area contributed by atoms with E-state index in [2.05, 4.69) is 26.7 Å². The number of nitrogens with zero attached hydrogens (tertiary/aromatic N) is 6. The molecular formula is C38H34Cl2N8O5. The van der Waals surface area contributed by atoms with Gasteiger partial charge in [-0.2, -0.15) is 5.26 Å². The number of nitriles is 1. The van der Waals surface area contributed by atoms with Crippen molar-refractivity contribution in [2.24, 2.45) is 0 Å². The van der Waals surface area contributed by atoms with Crippen LogP contribution in [-0.4, -0.2) is 74.9 Å². The average molecular weight is 754 g/mol. The highest BCUT2D eigenvalue weighted by Gasteiger charge is 2.57. The van der Waals surface area contributed by atoms with Crippen LogP contribution in [0.3, 0.4) is 0 Å². The Hall–Kier alpha value is -5.29. The Kier molecular flexibility index (Phi) is 8.52. The molecule has 0 bridgehead atoms. The minimum atomic E-state index is -1.34. The predicted molar refractivity (Wildman–Crippen MR) is 194 cm³/mol. The van der Waals surface area contributed by atoms with Crippen LogP contribution in [0.25, 0.3) is 0 Å². The van der Waals surface area contributed by atoms with E-state index in [9.17, 15) is 24.4 Å². The number of rotatable bonds is 9. The molecule has 270 valence electrons. The van der Waals surface area contributed by atoms with E-state index in [4.69, 9.17) is 27.9 Å². The maximum Gasteiger partial charge on any atom is 0.272 e. The van der Waals surface area contributed by atoms with Crippen molar-refractivity contribution in [1.29, 1.82) is 5.26 Å². The quantitative estimate of drug-likeness (QED) is 0.250. The van der Waals surface area contributed by atoms with Crippen molar-refractivity contribution in [3.05, 3.63) is 105 Å². The summed E-state index contributed by atoms with van der Waals surface area (Å²) in [5, 5.41) is 16.1. The maximum atomic E-state index is 14.4.